The monoisotopic (exact) mass is 306 g/mol. The molecule has 2 heterocycles. The van der Waals surface area contributed by atoms with E-state index in [1.165, 1.54) is 0 Å². The highest BCUT2D eigenvalue weighted by molar-refractivity contribution is 5.89. The summed E-state index contributed by atoms with van der Waals surface area (Å²) >= 11 is 0. The molecule has 5 heteroatoms. The second kappa shape index (κ2) is 6.08. The fourth-order valence-corrected chi connectivity index (χ4v) is 3.70. The predicted octanol–water partition coefficient (Wildman–Crippen LogP) is 1.87. The molecule has 2 fully saturated rings. The Labute approximate surface area is 134 Å². The van der Waals surface area contributed by atoms with Gasteiger partial charge in [-0.25, -0.2) is 4.79 Å². The van der Waals surface area contributed by atoms with Crippen molar-refractivity contribution in [3.05, 3.63) is 35.9 Å². The molecule has 2 aliphatic heterocycles. The van der Waals surface area contributed by atoms with E-state index in [1.807, 2.05) is 7.05 Å². The van der Waals surface area contributed by atoms with Gasteiger partial charge < -0.3 is 9.47 Å². The van der Waals surface area contributed by atoms with Crippen molar-refractivity contribution in [1.82, 2.24) is 4.90 Å². The molecule has 5 nitrogen and oxygen atoms in total. The average molecular weight is 306 g/mol. The minimum absolute atomic E-state index is 0.179. The largest absolute Gasteiger partial charge is 0.469 e. The molecule has 22 heavy (non-hydrogen) atoms. The molecule has 4 unspecified atom stereocenters. The number of hydrogen-bond donors (Lipinski definition) is 0. The van der Waals surface area contributed by atoms with Gasteiger partial charge in [0.05, 0.1) is 16.7 Å². The Hall–Kier alpha value is -1.88. The van der Waals surface area contributed by atoms with Gasteiger partial charge in [-0.1, -0.05) is 18.2 Å². The fraction of sp³-hybridized carbons (Fsp3) is 0.529. The zero-order chi connectivity index (χ0) is 18.2. The summed E-state index contributed by atoms with van der Waals surface area (Å²) in [6.07, 6.45) is 1.45. The Morgan fingerprint density at radius 3 is 2.77 bits per heavy atom. The predicted molar refractivity (Wildman–Crippen MR) is 80.3 cm³/mol. The summed E-state index contributed by atoms with van der Waals surface area (Å²) in [5.41, 5.74) is 0.400. The SMILES string of the molecule is [2H]C([2H])([2H])OC(=O)C1C(OC(=O)c2ccccc2)CC2CCC1N2C. The van der Waals surface area contributed by atoms with Crippen LogP contribution in [-0.2, 0) is 14.3 Å². The van der Waals surface area contributed by atoms with Crippen molar-refractivity contribution in [3.63, 3.8) is 0 Å². The van der Waals surface area contributed by atoms with Crippen molar-refractivity contribution in [3.8, 4) is 0 Å². The number of fused-ring (bicyclic) bond motifs is 2. The van der Waals surface area contributed by atoms with Crippen LogP contribution in [0.2, 0.25) is 0 Å². The standard InChI is InChI=1S/C17H21NO4/c1-18-12-8-9-13(18)15(17(20)21-2)14(10-12)22-16(19)11-6-4-3-5-7-11/h3-7,12-15H,8-10H2,1-2H3/i2D3. The van der Waals surface area contributed by atoms with Crippen LogP contribution in [0.5, 0.6) is 0 Å². The van der Waals surface area contributed by atoms with Gasteiger partial charge in [-0.3, -0.25) is 9.69 Å². The van der Waals surface area contributed by atoms with E-state index in [0.717, 1.165) is 12.8 Å². The normalized spacial score (nSPS) is 33.4. The first-order valence-corrected chi connectivity index (χ1v) is 7.47. The molecular weight excluding hydrogens is 282 g/mol. The molecule has 0 spiro atoms. The molecule has 118 valence electrons. The Balaban J connectivity index is 1.80. The summed E-state index contributed by atoms with van der Waals surface area (Å²) in [6, 6.07) is 8.58. The van der Waals surface area contributed by atoms with Crippen molar-refractivity contribution >= 4 is 11.9 Å². The Morgan fingerprint density at radius 2 is 2.05 bits per heavy atom. The summed E-state index contributed by atoms with van der Waals surface area (Å²) in [4.78, 5) is 26.9. The van der Waals surface area contributed by atoms with Crippen LogP contribution in [0.3, 0.4) is 0 Å². The molecule has 1 aromatic rings. The van der Waals surface area contributed by atoms with Gasteiger partial charge in [0.1, 0.15) is 12.0 Å². The minimum Gasteiger partial charge on any atom is -0.469 e. The lowest BCUT2D eigenvalue weighted by Gasteiger charge is -2.40. The summed E-state index contributed by atoms with van der Waals surface area (Å²) in [6.45, 7) is 0. The van der Waals surface area contributed by atoms with Crippen molar-refractivity contribution in [2.75, 3.05) is 14.1 Å². The average Bonchev–Trinajstić information content (AvgIpc) is 2.78. The van der Waals surface area contributed by atoms with Crippen molar-refractivity contribution in [2.45, 2.75) is 37.5 Å². The maximum Gasteiger partial charge on any atom is 0.338 e. The molecule has 0 N–H and O–H groups in total. The van der Waals surface area contributed by atoms with Gasteiger partial charge in [0.15, 0.2) is 0 Å². The molecule has 4 atom stereocenters. The number of hydrogen-bond acceptors (Lipinski definition) is 5. The third-order valence-electron chi connectivity index (χ3n) is 4.85. The van der Waals surface area contributed by atoms with Gasteiger partial charge >= 0.3 is 11.9 Å². The molecule has 0 saturated carbocycles. The number of esters is 2. The van der Waals surface area contributed by atoms with E-state index in [2.05, 4.69) is 9.64 Å². The zero-order valence-corrected chi connectivity index (χ0v) is 12.4. The fourth-order valence-electron chi connectivity index (χ4n) is 3.70. The van der Waals surface area contributed by atoms with E-state index in [9.17, 15) is 9.59 Å². The van der Waals surface area contributed by atoms with E-state index >= 15 is 0 Å². The first-order chi connectivity index (χ1) is 11.8. The number of nitrogens with zero attached hydrogens (tertiary/aromatic N) is 1. The quantitative estimate of drug-likeness (QED) is 0.798. The van der Waals surface area contributed by atoms with Gasteiger partial charge in [-0.05, 0) is 32.0 Å². The highest BCUT2D eigenvalue weighted by atomic mass is 16.6. The molecule has 2 saturated heterocycles. The van der Waals surface area contributed by atoms with Crippen molar-refractivity contribution in [2.24, 2.45) is 5.92 Å². The molecule has 2 aliphatic rings. The van der Waals surface area contributed by atoms with Crippen LogP contribution in [0, 0.1) is 5.92 Å². The first kappa shape index (κ1) is 11.7. The highest BCUT2D eigenvalue weighted by Gasteiger charge is 2.50. The summed E-state index contributed by atoms with van der Waals surface area (Å²) in [5, 5.41) is 0. The van der Waals surface area contributed by atoms with Crippen molar-refractivity contribution < 1.29 is 23.2 Å². The van der Waals surface area contributed by atoms with E-state index < -0.39 is 31.0 Å². The molecule has 0 amide bonds. The third kappa shape index (κ3) is 2.61. The van der Waals surface area contributed by atoms with Gasteiger partial charge in [0, 0.05) is 18.5 Å². The topological polar surface area (TPSA) is 55.8 Å². The van der Waals surface area contributed by atoms with Crippen LogP contribution < -0.4 is 0 Å². The number of carbonyl (C=O) groups excluding carboxylic acids is 2. The molecule has 3 rings (SSSR count). The van der Waals surface area contributed by atoms with E-state index in [0.29, 0.717) is 12.0 Å². The molecular formula is C17H21NO4. The lowest BCUT2D eigenvalue weighted by molar-refractivity contribution is -0.156. The van der Waals surface area contributed by atoms with Crippen LogP contribution in [0.1, 0.15) is 33.7 Å². The van der Waals surface area contributed by atoms with Crippen LogP contribution in [0.15, 0.2) is 30.3 Å². The van der Waals surface area contributed by atoms with Gasteiger partial charge in [0.25, 0.3) is 0 Å². The maximum absolute atomic E-state index is 12.5. The lowest BCUT2D eigenvalue weighted by Crippen LogP contribution is -2.53. The highest BCUT2D eigenvalue weighted by Crippen LogP contribution is 2.40. The number of piperidine rings is 1. The van der Waals surface area contributed by atoms with E-state index in [-0.39, 0.29) is 12.1 Å². The first-order valence-electron chi connectivity index (χ1n) is 8.97. The van der Waals surface area contributed by atoms with E-state index in [4.69, 9.17) is 8.85 Å². The van der Waals surface area contributed by atoms with Gasteiger partial charge in [0.2, 0.25) is 0 Å². The molecule has 0 aliphatic carbocycles. The molecule has 0 aromatic heterocycles. The smallest absolute Gasteiger partial charge is 0.338 e. The maximum atomic E-state index is 12.5. The second-order valence-electron chi connectivity index (χ2n) is 5.96. The lowest BCUT2D eigenvalue weighted by atomic mass is 9.87. The third-order valence-corrected chi connectivity index (χ3v) is 4.85. The molecule has 1 aromatic carbocycles. The molecule has 0 radical (unpaired) electrons. The van der Waals surface area contributed by atoms with Crippen LogP contribution in [-0.4, -0.2) is 49.1 Å². The van der Waals surface area contributed by atoms with Gasteiger partial charge in [-0.2, -0.15) is 0 Å². The van der Waals surface area contributed by atoms with Crippen LogP contribution >= 0.6 is 0 Å². The number of carbonyl (C=O) groups is 2. The Bertz CT molecular complexity index is 649. The van der Waals surface area contributed by atoms with Crippen LogP contribution in [0.25, 0.3) is 0 Å². The minimum atomic E-state index is -2.81. The van der Waals surface area contributed by atoms with Crippen LogP contribution in [0.4, 0.5) is 0 Å². The number of ether oxygens (including phenoxy) is 2. The Morgan fingerprint density at radius 1 is 1.27 bits per heavy atom. The number of methoxy groups -OCH3 is 1. The van der Waals surface area contributed by atoms with Crippen molar-refractivity contribution in [1.29, 1.82) is 0 Å². The van der Waals surface area contributed by atoms with E-state index in [1.54, 1.807) is 30.3 Å². The Kier molecular flexibility index (Phi) is 3.22. The molecule has 2 bridgehead atoms. The number of benzene rings is 1. The summed E-state index contributed by atoms with van der Waals surface area (Å²) in [5.74, 6) is -2.14. The van der Waals surface area contributed by atoms with Gasteiger partial charge in [-0.15, -0.1) is 0 Å². The zero-order valence-electron chi connectivity index (χ0n) is 15.4. The second-order valence-corrected chi connectivity index (χ2v) is 5.96. The number of rotatable bonds is 3. The summed E-state index contributed by atoms with van der Waals surface area (Å²) < 4.78 is 31.8. The summed E-state index contributed by atoms with van der Waals surface area (Å²) in [7, 11) is -0.897.